The number of hydrogen-bond acceptors (Lipinski definition) is 6. The van der Waals surface area contributed by atoms with Crippen LogP contribution < -0.4 is 16.5 Å². The standard InChI is InChI=1S/C22H29N5O4S/c1-15-4-10-18(11-5-15)32(30)31-25-13-12-20(28)26-19(22(29)27(2)3)14-16-6-8-17(9-7-16)21(23)24/h4-11,19,25H,12-14H2,1-3H3,(H3,23,24)(H,26,28). The summed E-state index contributed by atoms with van der Waals surface area (Å²) in [4.78, 5) is 26.8. The molecule has 2 aromatic carbocycles. The van der Waals surface area contributed by atoms with Crippen molar-refractivity contribution in [1.29, 1.82) is 5.41 Å². The first kappa shape index (κ1) is 25.2. The van der Waals surface area contributed by atoms with Crippen molar-refractivity contribution >= 4 is 28.7 Å². The van der Waals surface area contributed by atoms with Crippen LogP contribution in [0.3, 0.4) is 0 Å². The number of rotatable bonds is 11. The number of aryl methyl sites for hydroxylation is 1. The summed E-state index contributed by atoms with van der Waals surface area (Å²) >= 11 is -1.69. The lowest BCUT2D eigenvalue weighted by Gasteiger charge is -2.22. The third-order valence-electron chi connectivity index (χ3n) is 4.58. The zero-order chi connectivity index (χ0) is 23.7. The molecule has 9 nitrogen and oxygen atoms in total. The van der Waals surface area contributed by atoms with Crippen LogP contribution in [0, 0.1) is 12.3 Å². The van der Waals surface area contributed by atoms with Gasteiger partial charge in [0.05, 0.1) is 4.90 Å². The number of carbonyl (C=O) groups is 2. The average molecular weight is 460 g/mol. The van der Waals surface area contributed by atoms with Crippen molar-refractivity contribution in [2.45, 2.75) is 30.7 Å². The highest BCUT2D eigenvalue weighted by Gasteiger charge is 2.22. The fourth-order valence-corrected chi connectivity index (χ4v) is 3.44. The Morgan fingerprint density at radius 3 is 2.31 bits per heavy atom. The molecule has 2 atom stereocenters. The minimum absolute atomic E-state index is 0.0333. The average Bonchev–Trinajstić information content (AvgIpc) is 2.76. The third kappa shape index (κ3) is 7.88. The van der Waals surface area contributed by atoms with E-state index in [1.165, 1.54) is 4.90 Å². The molecular weight excluding hydrogens is 430 g/mol. The van der Waals surface area contributed by atoms with E-state index in [2.05, 4.69) is 10.8 Å². The molecule has 0 saturated heterocycles. The van der Waals surface area contributed by atoms with Crippen LogP contribution in [0.15, 0.2) is 53.4 Å². The fraction of sp³-hybridized carbons (Fsp3) is 0.318. The quantitative estimate of drug-likeness (QED) is 0.171. The fourth-order valence-electron chi connectivity index (χ4n) is 2.79. The van der Waals surface area contributed by atoms with E-state index in [0.717, 1.165) is 11.1 Å². The van der Waals surface area contributed by atoms with Gasteiger partial charge in [0.2, 0.25) is 22.9 Å². The molecule has 32 heavy (non-hydrogen) atoms. The normalized spacial score (nSPS) is 12.6. The van der Waals surface area contributed by atoms with E-state index < -0.39 is 17.1 Å². The molecule has 2 unspecified atom stereocenters. The summed E-state index contributed by atoms with van der Waals surface area (Å²) in [5.74, 6) is -0.620. The highest BCUT2D eigenvalue weighted by molar-refractivity contribution is 7.80. The zero-order valence-electron chi connectivity index (χ0n) is 18.4. The maximum absolute atomic E-state index is 12.5. The molecule has 0 saturated carbocycles. The topological polar surface area (TPSA) is 138 Å². The van der Waals surface area contributed by atoms with Gasteiger partial charge in [0.25, 0.3) is 0 Å². The molecule has 0 aliphatic rings. The molecule has 0 aliphatic heterocycles. The van der Waals surface area contributed by atoms with Gasteiger partial charge in [-0.25, -0.2) is 4.21 Å². The molecule has 172 valence electrons. The van der Waals surface area contributed by atoms with E-state index in [0.29, 0.717) is 16.9 Å². The Morgan fingerprint density at radius 2 is 1.75 bits per heavy atom. The van der Waals surface area contributed by atoms with E-state index in [4.69, 9.17) is 15.4 Å². The highest BCUT2D eigenvalue weighted by atomic mass is 32.2. The summed E-state index contributed by atoms with van der Waals surface area (Å²) in [6.45, 7) is 2.06. The van der Waals surface area contributed by atoms with Gasteiger partial charge in [0, 0.05) is 39.0 Å². The number of hydroxylamine groups is 1. The van der Waals surface area contributed by atoms with E-state index >= 15 is 0 Å². The Hall–Kier alpha value is -3.08. The van der Waals surface area contributed by atoms with Gasteiger partial charge in [-0.3, -0.25) is 15.0 Å². The molecule has 0 fully saturated rings. The Bertz CT molecular complexity index is 961. The summed E-state index contributed by atoms with van der Waals surface area (Å²) in [5.41, 5.74) is 10.5. The second-order valence-corrected chi connectivity index (χ2v) is 8.55. The molecule has 10 heteroatoms. The van der Waals surface area contributed by atoms with Crippen LogP contribution in [0.5, 0.6) is 0 Å². The van der Waals surface area contributed by atoms with Gasteiger partial charge >= 0.3 is 0 Å². The Morgan fingerprint density at radius 1 is 1.12 bits per heavy atom. The first-order valence-electron chi connectivity index (χ1n) is 10.00. The molecule has 0 bridgehead atoms. The number of nitrogens with two attached hydrogens (primary N) is 1. The minimum Gasteiger partial charge on any atom is -0.384 e. The molecule has 2 amide bonds. The molecule has 2 rings (SSSR count). The Balaban J connectivity index is 1.86. The molecule has 0 radical (unpaired) electrons. The van der Waals surface area contributed by atoms with Crippen molar-refractivity contribution < 1.29 is 18.1 Å². The van der Waals surface area contributed by atoms with Gasteiger partial charge in [-0.05, 0) is 24.6 Å². The Labute approximate surface area is 190 Å². The van der Waals surface area contributed by atoms with Crippen molar-refractivity contribution in [3.63, 3.8) is 0 Å². The van der Waals surface area contributed by atoms with E-state index in [1.54, 1.807) is 50.5 Å². The molecule has 0 spiro atoms. The van der Waals surface area contributed by atoms with Crippen LogP contribution in [0.1, 0.15) is 23.1 Å². The number of amides is 2. The first-order chi connectivity index (χ1) is 15.2. The highest BCUT2D eigenvalue weighted by Crippen LogP contribution is 2.09. The molecular formula is C22H29N5O4S. The van der Waals surface area contributed by atoms with Gasteiger partial charge in [0.1, 0.15) is 11.9 Å². The van der Waals surface area contributed by atoms with Crippen molar-refractivity contribution in [2.24, 2.45) is 5.73 Å². The molecule has 5 N–H and O–H groups in total. The minimum atomic E-state index is -1.69. The predicted octanol–water partition coefficient (Wildman–Crippen LogP) is 1.03. The number of benzene rings is 2. The lowest BCUT2D eigenvalue weighted by Crippen LogP contribution is -2.48. The van der Waals surface area contributed by atoms with Crippen LogP contribution in [0.25, 0.3) is 0 Å². The molecule has 0 heterocycles. The SMILES string of the molecule is Cc1ccc(S(=O)ONCCC(=O)NC(Cc2ccc(C(=N)N)cc2)C(=O)N(C)C)cc1. The first-order valence-corrected chi connectivity index (χ1v) is 11.1. The number of carbonyl (C=O) groups excluding carboxylic acids is 2. The second kappa shape index (κ2) is 12.1. The second-order valence-electron chi connectivity index (χ2n) is 7.44. The van der Waals surface area contributed by atoms with Crippen molar-refractivity contribution in [3.8, 4) is 0 Å². The number of nitrogens with zero attached hydrogens (tertiary/aromatic N) is 1. The predicted molar refractivity (Wildman–Crippen MR) is 123 cm³/mol. The van der Waals surface area contributed by atoms with E-state index in [1.807, 2.05) is 19.1 Å². The summed E-state index contributed by atoms with van der Waals surface area (Å²) < 4.78 is 17.1. The van der Waals surface area contributed by atoms with Crippen molar-refractivity contribution in [3.05, 3.63) is 65.2 Å². The van der Waals surface area contributed by atoms with Crippen LogP contribution >= 0.6 is 0 Å². The van der Waals surface area contributed by atoms with Gasteiger partial charge in [-0.15, -0.1) is 0 Å². The van der Waals surface area contributed by atoms with Crippen LogP contribution in [-0.2, 0) is 31.4 Å². The summed E-state index contributed by atoms with van der Waals surface area (Å²) in [5, 5.41) is 10.2. The largest absolute Gasteiger partial charge is 0.384 e. The van der Waals surface area contributed by atoms with Gasteiger partial charge in [-0.2, -0.15) is 9.76 Å². The summed E-state index contributed by atoms with van der Waals surface area (Å²) in [7, 11) is 3.24. The third-order valence-corrected chi connectivity index (χ3v) is 5.51. The number of likely N-dealkylation sites (N-methyl/N-ethyl adjacent to an activating group) is 1. The lowest BCUT2D eigenvalue weighted by atomic mass is 10.0. The van der Waals surface area contributed by atoms with Crippen LogP contribution in [0.2, 0.25) is 0 Å². The zero-order valence-corrected chi connectivity index (χ0v) is 19.2. The van der Waals surface area contributed by atoms with Crippen LogP contribution in [-0.4, -0.2) is 53.4 Å². The van der Waals surface area contributed by atoms with E-state index in [-0.39, 0.29) is 30.6 Å². The number of nitrogen functional groups attached to an aromatic ring is 1. The Kier molecular flexibility index (Phi) is 9.51. The maximum Gasteiger partial charge on any atom is 0.244 e. The van der Waals surface area contributed by atoms with Crippen molar-refractivity contribution in [1.82, 2.24) is 15.7 Å². The van der Waals surface area contributed by atoms with Gasteiger partial charge < -0.3 is 16.0 Å². The number of amidine groups is 1. The lowest BCUT2D eigenvalue weighted by molar-refractivity contribution is -0.134. The number of hydrogen-bond donors (Lipinski definition) is 4. The van der Waals surface area contributed by atoms with Gasteiger partial charge in [0.15, 0.2) is 0 Å². The van der Waals surface area contributed by atoms with Gasteiger partial charge in [-0.1, -0.05) is 42.0 Å². The molecule has 2 aromatic rings. The number of nitrogens with one attached hydrogen (secondary N) is 3. The maximum atomic E-state index is 12.5. The molecule has 0 aromatic heterocycles. The van der Waals surface area contributed by atoms with E-state index in [9.17, 15) is 13.8 Å². The van der Waals surface area contributed by atoms with Crippen LogP contribution in [0.4, 0.5) is 0 Å². The monoisotopic (exact) mass is 459 g/mol. The summed E-state index contributed by atoms with van der Waals surface area (Å²) in [6.07, 6.45) is 0.327. The summed E-state index contributed by atoms with van der Waals surface area (Å²) in [6, 6.07) is 13.3. The smallest absolute Gasteiger partial charge is 0.244 e. The van der Waals surface area contributed by atoms with Crippen molar-refractivity contribution in [2.75, 3.05) is 20.6 Å². The molecule has 0 aliphatic carbocycles.